The average molecular weight is 190 g/mol. The molecule has 13 heavy (non-hydrogen) atoms. The predicted molar refractivity (Wildman–Crippen MR) is 52.7 cm³/mol. The van der Waals surface area contributed by atoms with Crippen LogP contribution >= 0.6 is 12.1 Å². The quantitative estimate of drug-likeness (QED) is 0.619. The summed E-state index contributed by atoms with van der Waals surface area (Å²) in [5.74, 6) is 0.870. The lowest BCUT2D eigenvalue weighted by molar-refractivity contribution is 0.474. The van der Waals surface area contributed by atoms with Crippen molar-refractivity contribution in [3.63, 3.8) is 0 Å². The highest BCUT2D eigenvalue weighted by Gasteiger charge is 2.08. The molecule has 0 unspecified atom stereocenters. The maximum absolute atomic E-state index is 5.34. The van der Waals surface area contributed by atoms with E-state index in [-0.39, 0.29) is 0 Å². The van der Waals surface area contributed by atoms with Gasteiger partial charge in [-0.05, 0) is 18.2 Å². The van der Waals surface area contributed by atoms with Crippen LogP contribution in [-0.2, 0) is 0 Å². The van der Waals surface area contributed by atoms with Crippen molar-refractivity contribution in [1.82, 2.24) is 0 Å². The van der Waals surface area contributed by atoms with Crippen molar-refractivity contribution >= 4 is 23.9 Å². The van der Waals surface area contributed by atoms with Gasteiger partial charge in [0.1, 0.15) is 11.1 Å². The molecule has 0 saturated heterocycles. The molecule has 3 rings (SSSR count). The molecule has 0 atom stereocenters. The molecule has 1 N–H and O–H groups in total. The third-order valence-corrected chi connectivity index (χ3v) is 2.58. The number of fused-ring (bicyclic) bond motifs is 2. The monoisotopic (exact) mass is 190 g/mol. The van der Waals surface area contributed by atoms with E-state index >= 15 is 0 Å². The standard InChI is InChI=1S/C9H6N2OS/c1-2-6-4-7-8(11-13-10-7)5-9(6)12-3-1/h1-5,10H. The number of rotatable bonds is 0. The van der Waals surface area contributed by atoms with Crippen LogP contribution in [0.4, 0.5) is 5.69 Å². The molecule has 0 bridgehead atoms. The zero-order chi connectivity index (χ0) is 8.67. The number of hydrogen-bond acceptors (Lipinski definition) is 4. The van der Waals surface area contributed by atoms with Gasteiger partial charge in [-0.15, -0.1) is 0 Å². The fraction of sp³-hybridized carbons (Fsp3) is 0. The summed E-state index contributed by atoms with van der Waals surface area (Å²) in [6.07, 6.45) is 5.57. The fourth-order valence-electron chi connectivity index (χ4n) is 1.35. The van der Waals surface area contributed by atoms with Crippen LogP contribution in [-0.4, -0.2) is 0 Å². The minimum absolute atomic E-state index is 0.870. The maximum Gasteiger partial charge on any atom is 0.136 e. The summed E-state index contributed by atoms with van der Waals surface area (Å²) < 4.78 is 12.6. The lowest BCUT2D eigenvalue weighted by Crippen LogP contribution is -2.14. The SMILES string of the molecule is C1=COc2cc3c(cc2=C1)NSN=3. The lowest BCUT2D eigenvalue weighted by Gasteiger charge is -2.05. The first-order valence-electron chi connectivity index (χ1n) is 3.91. The molecule has 2 aliphatic heterocycles. The van der Waals surface area contributed by atoms with E-state index in [0.717, 1.165) is 22.0 Å². The van der Waals surface area contributed by atoms with Crippen LogP contribution in [0.3, 0.4) is 0 Å². The summed E-state index contributed by atoms with van der Waals surface area (Å²) >= 11 is 1.35. The number of nitrogens with zero attached hydrogens (tertiary/aromatic N) is 1. The molecule has 2 heterocycles. The smallest absolute Gasteiger partial charge is 0.136 e. The van der Waals surface area contributed by atoms with Crippen LogP contribution in [0.15, 0.2) is 28.9 Å². The number of ether oxygens (including phenoxy) is 1. The Morgan fingerprint density at radius 3 is 3.38 bits per heavy atom. The van der Waals surface area contributed by atoms with Gasteiger partial charge in [0.25, 0.3) is 0 Å². The van der Waals surface area contributed by atoms with Gasteiger partial charge in [0.2, 0.25) is 0 Å². The predicted octanol–water partition coefficient (Wildman–Crippen LogP) is 0.981. The van der Waals surface area contributed by atoms with Crippen LogP contribution in [0.2, 0.25) is 0 Å². The number of anilines is 1. The Hall–Kier alpha value is -1.42. The molecule has 1 aromatic carbocycles. The van der Waals surface area contributed by atoms with Crippen molar-refractivity contribution in [1.29, 1.82) is 0 Å². The zero-order valence-electron chi connectivity index (χ0n) is 6.65. The Bertz CT molecular complexity index is 507. The summed E-state index contributed by atoms with van der Waals surface area (Å²) in [6.45, 7) is 0. The van der Waals surface area contributed by atoms with E-state index in [1.165, 1.54) is 12.1 Å². The first-order valence-corrected chi connectivity index (χ1v) is 4.68. The normalized spacial score (nSPS) is 16.0. The van der Waals surface area contributed by atoms with E-state index in [0.29, 0.717) is 0 Å². The maximum atomic E-state index is 5.34. The van der Waals surface area contributed by atoms with E-state index in [1.54, 1.807) is 6.26 Å². The fourth-order valence-corrected chi connectivity index (χ4v) is 1.91. The van der Waals surface area contributed by atoms with Crippen LogP contribution in [0, 0.1) is 0 Å². The van der Waals surface area contributed by atoms with E-state index in [1.807, 2.05) is 24.3 Å². The Labute approximate surface area is 79.1 Å². The van der Waals surface area contributed by atoms with Crippen molar-refractivity contribution < 1.29 is 4.74 Å². The van der Waals surface area contributed by atoms with Gasteiger partial charge >= 0.3 is 0 Å². The molecule has 0 radical (unpaired) electrons. The van der Waals surface area contributed by atoms with E-state index in [2.05, 4.69) is 9.12 Å². The second kappa shape index (κ2) is 2.53. The van der Waals surface area contributed by atoms with Crippen LogP contribution < -0.4 is 20.0 Å². The van der Waals surface area contributed by atoms with Crippen molar-refractivity contribution in [2.75, 3.05) is 4.72 Å². The topological polar surface area (TPSA) is 33.6 Å². The summed E-state index contributed by atoms with van der Waals surface area (Å²) in [7, 11) is 0. The molecule has 0 aliphatic carbocycles. The van der Waals surface area contributed by atoms with Crippen LogP contribution in [0.5, 0.6) is 5.75 Å². The Morgan fingerprint density at radius 1 is 1.38 bits per heavy atom. The number of benzene rings is 1. The third kappa shape index (κ3) is 1.02. The molecule has 4 heteroatoms. The van der Waals surface area contributed by atoms with Gasteiger partial charge in [-0.2, -0.15) is 4.40 Å². The van der Waals surface area contributed by atoms with Crippen molar-refractivity contribution in [2.24, 2.45) is 4.40 Å². The molecule has 0 saturated carbocycles. The van der Waals surface area contributed by atoms with E-state index in [9.17, 15) is 0 Å². The largest absolute Gasteiger partial charge is 0.464 e. The summed E-state index contributed by atoms with van der Waals surface area (Å²) in [4.78, 5) is 0. The Kier molecular flexibility index (Phi) is 1.37. The van der Waals surface area contributed by atoms with Crippen LogP contribution in [0.25, 0.3) is 6.08 Å². The first kappa shape index (κ1) is 7.03. The number of hydrogen-bond donors (Lipinski definition) is 1. The Morgan fingerprint density at radius 2 is 2.38 bits per heavy atom. The molecular weight excluding hydrogens is 184 g/mol. The van der Waals surface area contributed by atoms with Gasteiger partial charge in [0.15, 0.2) is 0 Å². The second-order valence-corrected chi connectivity index (χ2v) is 3.37. The van der Waals surface area contributed by atoms with Gasteiger partial charge in [0.05, 0.1) is 24.1 Å². The minimum Gasteiger partial charge on any atom is -0.464 e. The van der Waals surface area contributed by atoms with E-state index in [4.69, 9.17) is 4.74 Å². The molecule has 0 spiro atoms. The van der Waals surface area contributed by atoms with Crippen molar-refractivity contribution in [3.8, 4) is 5.75 Å². The highest BCUT2D eigenvalue weighted by molar-refractivity contribution is 7.99. The lowest BCUT2D eigenvalue weighted by atomic mass is 10.2. The van der Waals surface area contributed by atoms with Gasteiger partial charge < -0.3 is 9.46 Å². The summed E-state index contributed by atoms with van der Waals surface area (Å²) in [5.41, 5.74) is 1.05. The molecule has 0 aromatic heterocycles. The molecule has 1 aromatic rings. The zero-order valence-corrected chi connectivity index (χ0v) is 7.47. The first-order chi connectivity index (χ1) is 6.43. The molecule has 3 nitrogen and oxygen atoms in total. The molecule has 64 valence electrons. The van der Waals surface area contributed by atoms with Gasteiger partial charge in [-0.25, -0.2) is 0 Å². The third-order valence-electron chi connectivity index (χ3n) is 1.98. The van der Waals surface area contributed by atoms with Gasteiger partial charge in [-0.1, -0.05) is 0 Å². The highest BCUT2D eigenvalue weighted by Crippen LogP contribution is 2.16. The minimum atomic E-state index is 0.870. The van der Waals surface area contributed by atoms with Gasteiger partial charge in [-0.3, -0.25) is 0 Å². The second-order valence-electron chi connectivity index (χ2n) is 2.80. The molecule has 2 aliphatic rings. The number of allylic oxidation sites excluding steroid dienone is 1. The van der Waals surface area contributed by atoms with Crippen molar-refractivity contribution in [2.45, 2.75) is 0 Å². The molecule has 0 amide bonds. The number of nitrogens with one attached hydrogen (secondary N) is 1. The Balaban J connectivity index is 2.37. The van der Waals surface area contributed by atoms with E-state index < -0.39 is 0 Å². The van der Waals surface area contributed by atoms with Crippen molar-refractivity contribution in [3.05, 3.63) is 35.0 Å². The summed E-state index contributed by atoms with van der Waals surface area (Å²) in [5, 5.41) is 2.04. The average Bonchev–Trinajstić information content (AvgIpc) is 2.61. The molecule has 0 fully saturated rings. The van der Waals surface area contributed by atoms with Crippen LogP contribution in [0.1, 0.15) is 0 Å². The highest BCUT2D eigenvalue weighted by atomic mass is 32.2. The molecular formula is C9H6N2OS. The van der Waals surface area contributed by atoms with Gasteiger partial charge in [0, 0.05) is 11.3 Å². The summed E-state index contributed by atoms with van der Waals surface area (Å²) in [6, 6.07) is 3.98.